The molecule has 0 aromatic heterocycles. The summed E-state index contributed by atoms with van der Waals surface area (Å²) in [7, 11) is 1.47. The third-order valence-corrected chi connectivity index (χ3v) is 3.38. The van der Waals surface area contributed by atoms with Gasteiger partial charge in [-0.15, -0.1) is 0 Å². The Bertz CT molecular complexity index is 707. The second-order valence-electron chi connectivity index (χ2n) is 5.09. The molecular weight excluding hydrogens is 294 g/mol. The molecule has 1 amide bonds. The lowest BCUT2D eigenvalue weighted by Crippen LogP contribution is -2.24. The molecular formula is C18H19NO4. The lowest BCUT2D eigenvalue weighted by Gasteiger charge is -2.12. The van der Waals surface area contributed by atoms with E-state index in [1.54, 1.807) is 42.5 Å². The SMILES string of the molecule is COc1cc(C=CC(=O)NC(C)c2ccc(O)cc2)ccc1O. The Morgan fingerprint density at radius 1 is 1.17 bits per heavy atom. The molecule has 0 aliphatic heterocycles. The summed E-state index contributed by atoms with van der Waals surface area (Å²) in [6.45, 7) is 1.86. The molecule has 23 heavy (non-hydrogen) atoms. The molecule has 0 aliphatic rings. The van der Waals surface area contributed by atoms with Crippen LogP contribution in [0.4, 0.5) is 0 Å². The van der Waals surface area contributed by atoms with Gasteiger partial charge in [0.2, 0.25) is 5.91 Å². The number of hydrogen-bond acceptors (Lipinski definition) is 4. The van der Waals surface area contributed by atoms with E-state index in [2.05, 4.69) is 5.32 Å². The second-order valence-corrected chi connectivity index (χ2v) is 5.09. The number of hydrogen-bond donors (Lipinski definition) is 3. The molecule has 2 aromatic carbocycles. The summed E-state index contributed by atoms with van der Waals surface area (Å²) in [6, 6.07) is 11.3. The van der Waals surface area contributed by atoms with Crippen molar-refractivity contribution in [3.63, 3.8) is 0 Å². The number of carbonyl (C=O) groups excluding carboxylic acids is 1. The van der Waals surface area contributed by atoms with Crippen LogP contribution in [-0.4, -0.2) is 23.2 Å². The highest BCUT2D eigenvalue weighted by molar-refractivity contribution is 5.92. The lowest BCUT2D eigenvalue weighted by atomic mass is 10.1. The number of rotatable bonds is 5. The Hall–Kier alpha value is -2.95. The van der Waals surface area contributed by atoms with Crippen LogP contribution in [0.15, 0.2) is 48.5 Å². The number of carbonyl (C=O) groups is 1. The van der Waals surface area contributed by atoms with Crippen LogP contribution in [0.5, 0.6) is 17.2 Å². The van der Waals surface area contributed by atoms with E-state index < -0.39 is 0 Å². The number of phenols is 2. The summed E-state index contributed by atoms with van der Waals surface area (Å²) >= 11 is 0. The van der Waals surface area contributed by atoms with E-state index in [9.17, 15) is 15.0 Å². The van der Waals surface area contributed by atoms with Crippen LogP contribution in [0.1, 0.15) is 24.1 Å². The zero-order chi connectivity index (χ0) is 16.8. The van der Waals surface area contributed by atoms with Crippen molar-refractivity contribution < 1.29 is 19.7 Å². The van der Waals surface area contributed by atoms with Crippen LogP contribution in [0.2, 0.25) is 0 Å². The Morgan fingerprint density at radius 3 is 2.52 bits per heavy atom. The molecule has 5 nitrogen and oxygen atoms in total. The molecule has 1 unspecified atom stereocenters. The maximum absolute atomic E-state index is 12.0. The predicted octanol–water partition coefficient (Wildman–Crippen LogP) is 3.00. The topological polar surface area (TPSA) is 78.8 Å². The van der Waals surface area contributed by atoms with Crippen LogP contribution >= 0.6 is 0 Å². The van der Waals surface area contributed by atoms with E-state index >= 15 is 0 Å². The van der Waals surface area contributed by atoms with Gasteiger partial charge in [0, 0.05) is 6.08 Å². The van der Waals surface area contributed by atoms with E-state index in [4.69, 9.17) is 4.74 Å². The first-order valence-electron chi connectivity index (χ1n) is 7.14. The van der Waals surface area contributed by atoms with Crippen molar-refractivity contribution in [3.8, 4) is 17.2 Å². The third kappa shape index (κ3) is 4.51. The lowest BCUT2D eigenvalue weighted by molar-refractivity contribution is -0.117. The standard InChI is InChI=1S/C18H19NO4/c1-12(14-5-7-15(20)8-6-14)19-18(22)10-4-13-3-9-16(21)17(11-13)23-2/h3-12,20-21H,1-2H3,(H,19,22). The van der Waals surface area contributed by atoms with Crippen LogP contribution in [0, 0.1) is 0 Å². The van der Waals surface area contributed by atoms with Gasteiger partial charge in [0.25, 0.3) is 0 Å². The van der Waals surface area contributed by atoms with E-state index in [1.165, 1.54) is 19.3 Å². The molecule has 5 heteroatoms. The monoisotopic (exact) mass is 313 g/mol. The van der Waals surface area contributed by atoms with Gasteiger partial charge in [0.05, 0.1) is 13.2 Å². The molecule has 2 rings (SSSR count). The van der Waals surface area contributed by atoms with Gasteiger partial charge in [-0.25, -0.2) is 0 Å². The van der Waals surface area contributed by atoms with Gasteiger partial charge in [-0.2, -0.15) is 0 Å². The largest absolute Gasteiger partial charge is 0.508 e. The van der Waals surface area contributed by atoms with Crippen molar-refractivity contribution in [1.29, 1.82) is 0 Å². The third-order valence-electron chi connectivity index (χ3n) is 3.38. The summed E-state index contributed by atoms with van der Waals surface area (Å²) in [5, 5.41) is 21.6. The summed E-state index contributed by atoms with van der Waals surface area (Å²) in [4.78, 5) is 12.0. The van der Waals surface area contributed by atoms with Crippen LogP contribution in [0.3, 0.4) is 0 Å². The number of phenolic OH excluding ortho intramolecular Hbond substituents is 2. The minimum Gasteiger partial charge on any atom is -0.508 e. The first-order chi connectivity index (χ1) is 11.0. The van der Waals surface area contributed by atoms with Crippen molar-refractivity contribution >= 4 is 12.0 Å². The maximum atomic E-state index is 12.0. The minimum absolute atomic E-state index is 0.0510. The van der Waals surface area contributed by atoms with E-state index in [0.717, 1.165) is 11.1 Å². The Kier molecular flexibility index (Phi) is 5.25. The minimum atomic E-state index is -0.238. The van der Waals surface area contributed by atoms with Crippen molar-refractivity contribution in [3.05, 3.63) is 59.7 Å². The summed E-state index contributed by atoms with van der Waals surface area (Å²) in [5.41, 5.74) is 1.64. The predicted molar refractivity (Wildman–Crippen MR) is 88.4 cm³/mol. The molecule has 0 heterocycles. The molecule has 0 saturated heterocycles. The molecule has 0 radical (unpaired) electrons. The number of aromatic hydroxyl groups is 2. The highest BCUT2D eigenvalue weighted by Gasteiger charge is 2.07. The first-order valence-corrected chi connectivity index (χ1v) is 7.14. The molecule has 2 aromatic rings. The van der Waals surface area contributed by atoms with Crippen LogP contribution < -0.4 is 10.1 Å². The maximum Gasteiger partial charge on any atom is 0.244 e. The van der Waals surface area contributed by atoms with Gasteiger partial charge < -0.3 is 20.3 Å². The highest BCUT2D eigenvalue weighted by atomic mass is 16.5. The van der Waals surface area contributed by atoms with Crippen molar-refractivity contribution in [1.82, 2.24) is 5.32 Å². The van der Waals surface area contributed by atoms with Gasteiger partial charge in [-0.1, -0.05) is 18.2 Å². The number of amides is 1. The average Bonchev–Trinajstić information content (AvgIpc) is 2.54. The number of methoxy groups -OCH3 is 1. The Balaban J connectivity index is 2.00. The normalized spacial score (nSPS) is 12.1. The van der Waals surface area contributed by atoms with Gasteiger partial charge in [-0.05, 0) is 48.4 Å². The van der Waals surface area contributed by atoms with Crippen molar-refractivity contribution in [2.45, 2.75) is 13.0 Å². The summed E-state index contributed by atoms with van der Waals surface area (Å²) in [5.74, 6) is 0.353. The molecule has 1 atom stereocenters. The van der Waals surface area contributed by atoms with Crippen molar-refractivity contribution in [2.75, 3.05) is 7.11 Å². The molecule has 0 bridgehead atoms. The van der Waals surface area contributed by atoms with Gasteiger partial charge >= 0.3 is 0 Å². The number of nitrogens with one attached hydrogen (secondary N) is 1. The fourth-order valence-electron chi connectivity index (χ4n) is 2.08. The summed E-state index contributed by atoms with van der Waals surface area (Å²) < 4.78 is 5.02. The Labute approximate surface area is 134 Å². The molecule has 120 valence electrons. The van der Waals surface area contributed by atoms with Gasteiger partial charge in [0.1, 0.15) is 5.75 Å². The quantitative estimate of drug-likeness (QED) is 0.741. The van der Waals surface area contributed by atoms with E-state index in [0.29, 0.717) is 5.75 Å². The van der Waals surface area contributed by atoms with Crippen LogP contribution in [0.25, 0.3) is 6.08 Å². The van der Waals surface area contributed by atoms with E-state index in [1.807, 2.05) is 6.92 Å². The molecule has 0 aliphatic carbocycles. The molecule has 0 saturated carbocycles. The fraction of sp³-hybridized carbons (Fsp3) is 0.167. The van der Waals surface area contributed by atoms with Crippen molar-refractivity contribution in [2.24, 2.45) is 0 Å². The van der Waals surface area contributed by atoms with E-state index in [-0.39, 0.29) is 23.4 Å². The molecule has 3 N–H and O–H groups in total. The summed E-state index contributed by atoms with van der Waals surface area (Å²) in [6.07, 6.45) is 3.06. The molecule has 0 fully saturated rings. The smallest absolute Gasteiger partial charge is 0.244 e. The zero-order valence-corrected chi connectivity index (χ0v) is 13.0. The fourth-order valence-corrected chi connectivity index (χ4v) is 2.08. The van der Waals surface area contributed by atoms with Gasteiger partial charge in [-0.3, -0.25) is 4.79 Å². The van der Waals surface area contributed by atoms with Crippen LogP contribution in [-0.2, 0) is 4.79 Å². The zero-order valence-electron chi connectivity index (χ0n) is 13.0. The highest BCUT2D eigenvalue weighted by Crippen LogP contribution is 2.26. The second kappa shape index (κ2) is 7.35. The molecule has 0 spiro atoms. The van der Waals surface area contributed by atoms with Gasteiger partial charge in [0.15, 0.2) is 11.5 Å². The number of ether oxygens (including phenoxy) is 1. The first kappa shape index (κ1) is 16.4. The average molecular weight is 313 g/mol. The number of benzene rings is 2. The Morgan fingerprint density at radius 2 is 1.87 bits per heavy atom.